The van der Waals surface area contributed by atoms with Gasteiger partial charge in [-0.1, -0.05) is 24.3 Å². The van der Waals surface area contributed by atoms with Gasteiger partial charge in [0.1, 0.15) is 11.2 Å². The van der Waals surface area contributed by atoms with Gasteiger partial charge in [0.05, 0.1) is 24.7 Å². The molecule has 2 aromatic carbocycles. The summed E-state index contributed by atoms with van der Waals surface area (Å²) in [6, 6.07) is 13.2. The molecule has 0 fully saturated rings. The fourth-order valence-corrected chi connectivity index (χ4v) is 3.08. The van der Waals surface area contributed by atoms with E-state index in [0.29, 0.717) is 25.1 Å². The third-order valence-corrected chi connectivity index (χ3v) is 5.05. The van der Waals surface area contributed by atoms with Crippen molar-refractivity contribution < 1.29 is 52.6 Å². The van der Waals surface area contributed by atoms with E-state index in [4.69, 9.17) is 24.7 Å². The zero-order valence-electron chi connectivity index (χ0n) is 29.6. The molecule has 0 aliphatic carbocycles. The van der Waals surface area contributed by atoms with Crippen molar-refractivity contribution in [1.82, 2.24) is 21.7 Å². The molecule has 50 heavy (non-hydrogen) atoms. The number of amides is 4. The Balaban J connectivity index is 0.000000828. The molecule has 0 spiro atoms. The van der Waals surface area contributed by atoms with Gasteiger partial charge in [-0.15, -0.1) is 0 Å². The summed E-state index contributed by atoms with van der Waals surface area (Å²) in [6.07, 6.45) is -2.20. The average Bonchev–Trinajstić information content (AvgIpc) is 2.99. The van der Waals surface area contributed by atoms with Crippen LogP contribution in [0.15, 0.2) is 48.5 Å². The first-order valence-corrected chi connectivity index (χ1v) is 15.2. The van der Waals surface area contributed by atoms with Crippen LogP contribution in [0, 0.1) is 10.1 Å². The summed E-state index contributed by atoms with van der Waals surface area (Å²) < 4.78 is 24.0. The molecule has 4 amide bonds. The number of nitrogens with two attached hydrogens (primary N) is 1. The molecule has 0 saturated heterocycles. The van der Waals surface area contributed by atoms with Gasteiger partial charge in [-0.25, -0.2) is 40.9 Å². The Morgan fingerprint density at radius 2 is 1.02 bits per heavy atom. The molecule has 0 radical (unpaired) electrons. The number of hydrogen-bond acceptors (Lipinski definition) is 13. The number of nitro groups is 1. The Labute approximate surface area is 290 Å². The highest BCUT2D eigenvalue weighted by Gasteiger charge is 2.17. The Bertz CT molecular complexity index is 1370. The molecule has 0 saturated carbocycles. The van der Waals surface area contributed by atoms with Gasteiger partial charge in [-0.05, 0) is 71.7 Å². The number of carbonyl (C=O) groups is 5. The number of rotatable bonds is 8. The van der Waals surface area contributed by atoms with Crippen LogP contribution < -0.4 is 27.4 Å². The number of hydrazine groups is 2. The van der Waals surface area contributed by atoms with Gasteiger partial charge < -0.3 is 29.4 Å². The van der Waals surface area contributed by atoms with Crippen molar-refractivity contribution >= 4 is 41.7 Å². The lowest BCUT2D eigenvalue weighted by Gasteiger charge is -2.19. The van der Waals surface area contributed by atoms with Gasteiger partial charge in [-0.3, -0.25) is 14.9 Å². The summed E-state index contributed by atoms with van der Waals surface area (Å²) in [6.45, 7) is 14.1. The van der Waals surface area contributed by atoms with Gasteiger partial charge in [0.15, 0.2) is 0 Å². The number of esters is 1. The van der Waals surface area contributed by atoms with Crippen molar-refractivity contribution in [3.05, 3.63) is 69.8 Å². The smallest absolute Gasteiger partial charge is 0.426 e. The van der Waals surface area contributed by atoms with Crippen molar-refractivity contribution in [2.24, 2.45) is 0 Å². The number of nitro benzene ring substituents is 1. The molecule has 0 aromatic heterocycles. The van der Waals surface area contributed by atoms with E-state index >= 15 is 0 Å². The monoisotopic (exact) mass is 708 g/mol. The van der Waals surface area contributed by atoms with Gasteiger partial charge in [-0.2, -0.15) is 0 Å². The first-order chi connectivity index (χ1) is 23.2. The molecule has 0 aliphatic heterocycles. The number of ether oxygens (including phenoxy) is 5. The zero-order chi connectivity index (χ0) is 38.3. The van der Waals surface area contributed by atoms with Crippen LogP contribution in [0.2, 0.25) is 0 Å². The first-order valence-electron chi connectivity index (χ1n) is 15.2. The van der Waals surface area contributed by atoms with Crippen LogP contribution >= 0.6 is 0 Å². The minimum atomic E-state index is -0.835. The Morgan fingerprint density at radius 1 is 0.660 bits per heavy atom. The second kappa shape index (κ2) is 22.7. The minimum Gasteiger partial charge on any atom is -0.466 e. The summed E-state index contributed by atoms with van der Waals surface area (Å²) in [5.74, 6) is -0.211. The van der Waals surface area contributed by atoms with E-state index < -0.39 is 40.5 Å². The first kappa shape index (κ1) is 44.2. The topological polar surface area (TPSA) is 249 Å². The van der Waals surface area contributed by atoms with Gasteiger partial charge >= 0.3 is 30.3 Å². The molecular formula is C32H48N6O12. The maximum atomic E-state index is 11.4. The summed E-state index contributed by atoms with van der Waals surface area (Å²) in [5, 5.41) is 10.5. The normalized spacial score (nSPS) is 10.2. The van der Waals surface area contributed by atoms with Crippen LogP contribution in [0.3, 0.4) is 0 Å². The molecule has 0 unspecified atom stereocenters. The molecule has 0 heterocycles. The zero-order valence-corrected chi connectivity index (χ0v) is 29.6. The number of nitrogens with one attached hydrogen (secondary N) is 4. The predicted molar refractivity (Wildman–Crippen MR) is 181 cm³/mol. The molecular weight excluding hydrogens is 660 g/mol. The van der Waals surface area contributed by atoms with Crippen LogP contribution in [0.4, 0.5) is 30.6 Å². The fourth-order valence-electron chi connectivity index (χ4n) is 3.08. The Hall–Kier alpha value is -5.81. The van der Waals surface area contributed by atoms with Crippen LogP contribution in [0.5, 0.6) is 0 Å². The van der Waals surface area contributed by atoms with Crippen molar-refractivity contribution in [2.75, 3.05) is 25.6 Å². The fraction of sp³-hybridized carbons (Fsp3) is 0.469. The predicted octanol–water partition coefficient (Wildman–Crippen LogP) is 4.85. The van der Waals surface area contributed by atoms with E-state index in [1.54, 1.807) is 72.7 Å². The van der Waals surface area contributed by atoms with Crippen molar-refractivity contribution in [2.45, 2.75) is 79.4 Å². The summed E-state index contributed by atoms with van der Waals surface area (Å²) in [7, 11) is 0. The number of nitrogens with zero attached hydrogens (tertiary/aromatic N) is 1. The van der Waals surface area contributed by atoms with Crippen molar-refractivity contribution in [1.29, 1.82) is 0 Å². The van der Waals surface area contributed by atoms with Crippen LogP contribution in [0.25, 0.3) is 0 Å². The standard InChI is InChI=1S/C14H19N3O6.C14H21N3O4.C4H8O2/c1-14(2,3)23-13(19)16-15-12(18)22-9-8-10-4-6-11(7-5-10)17(20)21;1-14(2,3)21-13(19)17-16-12(18)20-9-8-10-4-6-11(15)7-5-10;1-3-6-4(2)5/h4-7H,8-9H2,1-3H3,(H,15,18)(H,16,19);4-7H,8-9,15H2,1-3H3,(H,16,18)(H,17,19);3H2,1-2H3. The van der Waals surface area contributed by atoms with Gasteiger partial charge in [0.25, 0.3) is 5.69 Å². The number of nitrogen functional groups attached to an aromatic ring is 1. The third kappa shape index (κ3) is 25.3. The molecule has 18 nitrogen and oxygen atoms in total. The second-order valence-corrected chi connectivity index (χ2v) is 11.9. The van der Waals surface area contributed by atoms with Crippen LogP contribution in [-0.4, -0.2) is 66.3 Å². The largest absolute Gasteiger partial charge is 0.466 e. The lowest BCUT2D eigenvalue weighted by atomic mass is 10.1. The van der Waals surface area contributed by atoms with E-state index in [1.165, 1.54) is 19.1 Å². The molecule has 2 aromatic rings. The lowest BCUT2D eigenvalue weighted by molar-refractivity contribution is -0.384. The minimum absolute atomic E-state index is 0.00558. The summed E-state index contributed by atoms with van der Waals surface area (Å²) in [5.41, 5.74) is 15.0. The molecule has 2 rings (SSSR count). The molecule has 0 atom stereocenters. The number of hydrogen-bond donors (Lipinski definition) is 5. The van der Waals surface area contributed by atoms with Gasteiger partial charge in [0.2, 0.25) is 0 Å². The van der Waals surface area contributed by atoms with E-state index in [9.17, 15) is 34.1 Å². The number of non-ortho nitro benzene ring substituents is 1. The van der Waals surface area contributed by atoms with Crippen molar-refractivity contribution in [3.63, 3.8) is 0 Å². The quantitative estimate of drug-likeness (QED) is 0.0810. The van der Waals surface area contributed by atoms with Crippen LogP contribution in [0.1, 0.15) is 66.5 Å². The molecule has 0 bridgehead atoms. The van der Waals surface area contributed by atoms with Crippen molar-refractivity contribution in [3.8, 4) is 0 Å². The number of anilines is 1. The number of carbonyl (C=O) groups excluding carboxylic acids is 5. The highest BCUT2D eigenvalue weighted by molar-refractivity contribution is 5.74. The van der Waals surface area contributed by atoms with E-state index in [1.807, 2.05) is 23.0 Å². The average molecular weight is 709 g/mol. The molecule has 18 heteroatoms. The maximum absolute atomic E-state index is 11.4. The van der Waals surface area contributed by atoms with E-state index in [-0.39, 0.29) is 24.9 Å². The van der Waals surface area contributed by atoms with E-state index in [2.05, 4.69) is 15.6 Å². The van der Waals surface area contributed by atoms with Crippen LogP contribution in [-0.2, 0) is 41.3 Å². The maximum Gasteiger partial charge on any atom is 0.426 e. The lowest BCUT2D eigenvalue weighted by Crippen LogP contribution is -2.44. The third-order valence-electron chi connectivity index (χ3n) is 5.05. The number of benzene rings is 2. The van der Waals surface area contributed by atoms with E-state index in [0.717, 1.165) is 11.1 Å². The molecule has 6 N–H and O–H groups in total. The summed E-state index contributed by atoms with van der Waals surface area (Å²) in [4.78, 5) is 65.1. The molecule has 0 aliphatic rings. The highest BCUT2D eigenvalue weighted by atomic mass is 16.6. The van der Waals surface area contributed by atoms with Gasteiger partial charge in [0, 0.05) is 37.6 Å². The summed E-state index contributed by atoms with van der Waals surface area (Å²) >= 11 is 0. The second-order valence-electron chi connectivity index (χ2n) is 11.9. The Morgan fingerprint density at radius 3 is 1.32 bits per heavy atom. The highest BCUT2D eigenvalue weighted by Crippen LogP contribution is 2.12. The SMILES string of the molecule is CC(C)(C)OC(=O)NNC(=O)OCCc1ccc(N)cc1.CC(C)(C)OC(=O)NNC(=O)OCCc1ccc([N+](=O)[O-])cc1.CCOC(C)=O. The Kier molecular flexibility index (Phi) is 20.1. The molecule has 278 valence electrons.